The van der Waals surface area contributed by atoms with E-state index < -0.39 is 0 Å². The minimum Gasteiger partial charge on any atom is -0.469 e. The molecule has 0 aliphatic heterocycles. The molecular weight excluding hydrogens is 286 g/mol. The molecule has 5 heteroatoms. The molecule has 0 unspecified atom stereocenters. The summed E-state index contributed by atoms with van der Waals surface area (Å²) in [7, 11) is 1.84. The van der Waals surface area contributed by atoms with E-state index in [4.69, 9.17) is 21.8 Å². The van der Waals surface area contributed by atoms with E-state index in [-0.39, 0.29) is 0 Å². The van der Waals surface area contributed by atoms with Crippen molar-refractivity contribution < 1.29 is 4.42 Å². The Morgan fingerprint density at radius 3 is 2.71 bits per heavy atom. The summed E-state index contributed by atoms with van der Waals surface area (Å²) in [5.41, 5.74) is 8.93. The van der Waals surface area contributed by atoms with E-state index in [9.17, 15) is 0 Å². The third kappa shape index (κ3) is 2.67. The van der Waals surface area contributed by atoms with Crippen LogP contribution in [0.1, 0.15) is 11.5 Å². The van der Waals surface area contributed by atoms with Crippen LogP contribution in [0.5, 0.6) is 0 Å². The molecule has 0 fully saturated rings. The highest BCUT2D eigenvalue weighted by atomic mass is 35.5. The molecule has 0 amide bonds. The zero-order valence-corrected chi connectivity index (χ0v) is 12.5. The Labute approximate surface area is 128 Å². The molecule has 0 spiro atoms. The van der Waals surface area contributed by atoms with Crippen LogP contribution in [0.25, 0.3) is 11.1 Å². The molecule has 4 nitrogen and oxygen atoms in total. The Hall–Kier alpha value is -2.20. The molecular formula is C16H16ClN3O. The van der Waals surface area contributed by atoms with Crippen molar-refractivity contribution in [2.24, 2.45) is 7.05 Å². The number of rotatable bonds is 4. The summed E-state index contributed by atoms with van der Waals surface area (Å²) in [6, 6.07) is 11.5. The summed E-state index contributed by atoms with van der Waals surface area (Å²) in [4.78, 5) is 0. The second-order valence-corrected chi connectivity index (χ2v) is 5.30. The summed E-state index contributed by atoms with van der Waals surface area (Å²) in [5, 5.41) is 5.20. The van der Waals surface area contributed by atoms with Crippen molar-refractivity contribution >= 4 is 17.4 Å². The molecule has 21 heavy (non-hydrogen) atoms. The van der Waals surface area contributed by atoms with Gasteiger partial charge in [0, 0.05) is 29.6 Å². The standard InChI is InChI=1S/C16H16ClN3O/c1-20-16(18)15(12-6-2-3-7-13(12)17)14(19-20)9-8-11-5-4-10-21-11/h2-7,10H,8-9,18H2,1H3. The topological polar surface area (TPSA) is 57.0 Å². The minimum absolute atomic E-state index is 0.623. The average Bonchev–Trinajstić information content (AvgIpc) is 3.08. The molecule has 2 N–H and O–H groups in total. The highest BCUT2D eigenvalue weighted by molar-refractivity contribution is 6.33. The van der Waals surface area contributed by atoms with Crippen LogP contribution in [0.4, 0.5) is 5.82 Å². The first-order valence-corrected chi connectivity index (χ1v) is 7.13. The van der Waals surface area contributed by atoms with Crippen molar-refractivity contribution in [3.8, 4) is 11.1 Å². The van der Waals surface area contributed by atoms with Gasteiger partial charge in [-0.15, -0.1) is 0 Å². The number of nitrogen functional groups attached to an aromatic ring is 1. The Balaban J connectivity index is 1.98. The SMILES string of the molecule is Cn1nc(CCc2ccco2)c(-c2ccccc2Cl)c1N. The van der Waals surface area contributed by atoms with E-state index in [0.717, 1.165) is 35.4 Å². The fourth-order valence-corrected chi connectivity index (χ4v) is 2.65. The van der Waals surface area contributed by atoms with Gasteiger partial charge in [-0.1, -0.05) is 29.8 Å². The van der Waals surface area contributed by atoms with Gasteiger partial charge < -0.3 is 10.2 Å². The first-order valence-electron chi connectivity index (χ1n) is 6.75. The lowest BCUT2D eigenvalue weighted by Gasteiger charge is -2.06. The molecule has 2 heterocycles. The lowest BCUT2D eigenvalue weighted by atomic mass is 10.0. The van der Waals surface area contributed by atoms with Gasteiger partial charge in [-0.2, -0.15) is 5.10 Å². The molecule has 0 saturated carbocycles. The molecule has 0 atom stereocenters. The number of nitrogens with zero attached hydrogens (tertiary/aromatic N) is 2. The first-order chi connectivity index (χ1) is 10.2. The number of aryl methyl sites for hydroxylation is 3. The van der Waals surface area contributed by atoms with E-state index in [2.05, 4.69) is 5.10 Å². The minimum atomic E-state index is 0.623. The van der Waals surface area contributed by atoms with E-state index in [0.29, 0.717) is 10.8 Å². The van der Waals surface area contributed by atoms with Crippen molar-refractivity contribution in [2.45, 2.75) is 12.8 Å². The van der Waals surface area contributed by atoms with Gasteiger partial charge in [-0.25, -0.2) is 0 Å². The highest BCUT2D eigenvalue weighted by Crippen LogP contribution is 2.34. The fourth-order valence-electron chi connectivity index (χ4n) is 2.42. The van der Waals surface area contributed by atoms with Crippen molar-refractivity contribution in [1.82, 2.24) is 9.78 Å². The zero-order chi connectivity index (χ0) is 14.8. The van der Waals surface area contributed by atoms with Gasteiger partial charge in [0.2, 0.25) is 0 Å². The highest BCUT2D eigenvalue weighted by Gasteiger charge is 2.17. The molecule has 3 aromatic rings. The Kier molecular flexibility index (Phi) is 3.71. The summed E-state index contributed by atoms with van der Waals surface area (Å²) < 4.78 is 7.06. The number of benzene rings is 1. The van der Waals surface area contributed by atoms with Crippen LogP contribution in [0, 0.1) is 0 Å². The van der Waals surface area contributed by atoms with Crippen molar-refractivity contribution in [3.05, 3.63) is 59.1 Å². The maximum absolute atomic E-state index is 6.30. The fraction of sp³-hybridized carbons (Fsp3) is 0.188. The summed E-state index contributed by atoms with van der Waals surface area (Å²) in [6.07, 6.45) is 3.21. The number of hydrogen-bond acceptors (Lipinski definition) is 3. The van der Waals surface area contributed by atoms with Gasteiger partial charge in [0.15, 0.2) is 0 Å². The summed E-state index contributed by atoms with van der Waals surface area (Å²) in [6.45, 7) is 0. The van der Waals surface area contributed by atoms with Gasteiger partial charge in [0.25, 0.3) is 0 Å². The van der Waals surface area contributed by atoms with Crippen molar-refractivity contribution in [2.75, 3.05) is 5.73 Å². The molecule has 1 aromatic carbocycles. The smallest absolute Gasteiger partial charge is 0.129 e. The molecule has 0 saturated heterocycles. The maximum atomic E-state index is 6.30. The first kappa shape index (κ1) is 13.8. The number of hydrogen-bond donors (Lipinski definition) is 1. The molecule has 0 bridgehead atoms. The second kappa shape index (κ2) is 5.66. The van der Waals surface area contributed by atoms with Crippen LogP contribution in [0.3, 0.4) is 0 Å². The van der Waals surface area contributed by atoms with E-state index in [1.54, 1.807) is 10.9 Å². The Morgan fingerprint density at radius 1 is 1.19 bits per heavy atom. The lowest BCUT2D eigenvalue weighted by Crippen LogP contribution is -1.98. The normalized spacial score (nSPS) is 11.0. The third-order valence-corrected chi connectivity index (χ3v) is 3.83. The van der Waals surface area contributed by atoms with Crippen molar-refractivity contribution in [1.29, 1.82) is 0 Å². The number of nitrogens with two attached hydrogens (primary N) is 1. The second-order valence-electron chi connectivity index (χ2n) is 4.89. The molecule has 0 aliphatic carbocycles. The van der Waals surface area contributed by atoms with Gasteiger partial charge in [-0.05, 0) is 24.6 Å². The zero-order valence-electron chi connectivity index (χ0n) is 11.7. The molecule has 3 rings (SSSR count). The molecule has 2 aromatic heterocycles. The molecule has 0 radical (unpaired) electrons. The van der Waals surface area contributed by atoms with Crippen LogP contribution >= 0.6 is 11.6 Å². The van der Waals surface area contributed by atoms with Gasteiger partial charge in [0.1, 0.15) is 11.6 Å². The van der Waals surface area contributed by atoms with Crippen LogP contribution in [0.15, 0.2) is 47.1 Å². The lowest BCUT2D eigenvalue weighted by molar-refractivity contribution is 0.507. The summed E-state index contributed by atoms with van der Waals surface area (Å²) in [5.74, 6) is 1.56. The average molecular weight is 302 g/mol. The Morgan fingerprint density at radius 2 is 2.00 bits per heavy atom. The quantitative estimate of drug-likeness (QED) is 0.799. The predicted molar refractivity (Wildman–Crippen MR) is 84.2 cm³/mol. The van der Waals surface area contributed by atoms with E-state index in [1.165, 1.54) is 0 Å². The van der Waals surface area contributed by atoms with Gasteiger partial charge in [0.05, 0.1) is 12.0 Å². The van der Waals surface area contributed by atoms with Crippen molar-refractivity contribution in [3.63, 3.8) is 0 Å². The number of furan rings is 1. The Bertz CT molecular complexity index is 747. The van der Waals surface area contributed by atoms with Gasteiger partial charge >= 0.3 is 0 Å². The van der Waals surface area contributed by atoms with Crippen LogP contribution in [-0.4, -0.2) is 9.78 Å². The number of halogens is 1. The largest absolute Gasteiger partial charge is 0.469 e. The number of aromatic nitrogens is 2. The molecule has 0 aliphatic rings. The van der Waals surface area contributed by atoms with Gasteiger partial charge in [-0.3, -0.25) is 4.68 Å². The van der Waals surface area contributed by atoms with Crippen LogP contribution in [0.2, 0.25) is 5.02 Å². The van der Waals surface area contributed by atoms with Crippen LogP contribution < -0.4 is 5.73 Å². The van der Waals surface area contributed by atoms with E-state index >= 15 is 0 Å². The summed E-state index contributed by atoms with van der Waals surface area (Å²) >= 11 is 6.30. The van der Waals surface area contributed by atoms with E-state index in [1.807, 2.05) is 43.4 Å². The maximum Gasteiger partial charge on any atom is 0.129 e. The third-order valence-electron chi connectivity index (χ3n) is 3.50. The monoisotopic (exact) mass is 301 g/mol. The van der Waals surface area contributed by atoms with Crippen LogP contribution in [-0.2, 0) is 19.9 Å². The predicted octanol–water partition coefficient (Wildman–Crippen LogP) is 3.70. The number of anilines is 1. The molecule has 108 valence electrons.